The summed E-state index contributed by atoms with van der Waals surface area (Å²) in [6, 6.07) is 8.25. The first-order valence-electron chi connectivity index (χ1n) is 8.16. The number of carbonyl (C=O) groups excluding carboxylic acids is 1. The Bertz CT molecular complexity index is 849. The number of hydrogen-bond acceptors (Lipinski definition) is 5. The Morgan fingerprint density at radius 2 is 2.07 bits per heavy atom. The lowest BCUT2D eigenvalue weighted by Crippen LogP contribution is -2.35. The average molecular weight is 381 g/mol. The van der Waals surface area contributed by atoms with Gasteiger partial charge in [0, 0.05) is 13.6 Å². The first kappa shape index (κ1) is 19.0. The van der Waals surface area contributed by atoms with Crippen LogP contribution in [0, 0.1) is 0 Å². The molecule has 144 valence electrons. The number of nitrogens with zero attached hydrogens (tertiary/aromatic N) is 2. The van der Waals surface area contributed by atoms with Gasteiger partial charge in [0.05, 0.1) is 18.2 Å². The molecule has 27 heavy (non-hydrogen) atoms. The summed E-state index contributed by atoms with van der Waals surface area (Å²) < 4.78 is 43.5. The third-order valence-corrected chi connectivity index (χ3v) is 3.95. The number of rotatable bonds is 5. The third-order valence-electron chi connectivity index (χ3n) is 3.95. The van der Waals surface area contributed by atoms with Crippen LogP contribution in [-0.2, 0) is 22.4 Å². The third kappa shape index (κ3) is 4.48. The van der Waals surface area contributed by atoms with Crippen molar-refractivity contribution < 1.29 is 27.2 Å². The molecule has 0 radical (unpaired) electrons. The molecule has 1 aromatic carbocycles. The smallest absolute Gasteiger partial charge is 0.416 e. The Hall–Kier alpha value is -2.81. The van der Waals surface area contributed by atoms with E-state index in [-0.39, 0.29) is 13.0 Å². The zero-order valence-electron chi connectivity index (χ0n) is 14.7. The van der Waals surface area contributed by atoms with Gasteiger partial charge in [-0.25, -0.2) is 14.9 Å². The number of carbonyl (C=O) groups is 1. The van der Waals surface area contributed by atoms with Crippen LogP contribution in [0.15, 0.2) is 52.1 Å². The lowest BCUT2D eigenvalue weighted by molar-refractivity contribution is -0.166. The van der Waals surface area contributed by atoms with Crippen LogP contribution in [0.3, 0.4) is 0 Å². The highest BCUT2D eigenvalue weighted by molar-refractivity contribution is 5.96. The summed E-state index contributed by atoms with van der Waals surface area (Å²) in [7, 11) is 1.65. The van der Waals surface area contributed by atoms with Gasteiger partial charge >= 0.3 is 6.18 Å². The first-order chi connectivity index (χ1) is 12.7. The minimum atomic E-state index is -4.42. The monoisotopic (exact) mass is 381 g/mol. The molecular weight excluding hydrogens is 363 g/mol. The van der Waals surface area contributed by atoms with Gasteiger partial charge in [-0.05, 0) is 36.8 Å². The molecule has 1 aromatic heterocycles. The number of amidine groups is 1. The van der Waals surface area contributed by atoms with Gasteiger partial charge in [0.1, 0.15) is 0 Å². The summed E-state index contributed by atoms with van der Waals surface area (Å²) >= 11 is 0. The van der Waals surface area contributed by atoms with E-state index < -0.39 is 23.4 Å². The number of amides is 1. The van der Waals surface area contributed by atoms with Crippen molar-refractivity contribution in [2.75, 3.05) is 7.05 Å². The maximum atomic E-state index is 12.7. The molecule has 1 aliphatic rings. The van der Waals surface area contributed by atoms with Crippen LogP contribution >= 0.6 is 0 Å². The molecule has 3 rings (SSSR count). The highest BCUT2D eigenvalue weighted by Crippen LogP contribution is 2.30. The van der Waals surface area contributed by atoms with Gasteiger partial charge in [-0.2, -0.15) is 13.2 Å². The quantitative estimate of drug-likeness (QED) is 0.863. The molecule has 1 atom stereocenters. The Balaban J connectivity index is 1.61. The zero-order chi connectivity index (χ0) is 19.7. The molecule has 1 aliphatic heterocycles. The Morgan fingerprint density at radius 3 is 2.74 bits per heavy atom. The molecule has 1 N–H and O–H groups in total. The molecule has 2 heterocycles. The predicted molar refractivity (Wildman–Crippen MR) is 90.4 cm³/mol. The topological polar surface area (TPSA) is 67.1 Å². The van der Waals surface area contributed by atoms with Crippen molar-refractivity contribution in [1.82, 2.24) is 10.4 Å². The molecule has 2 aromatic rings. The van der Waals surface area contributed by atoms with Crippen molar-refractivity contribution in [3.8, 4) is 0 Å². The SMILES string of the molecule is CN1OC(C)(CC(=O)NCc2cccc(C(F)(F)F)c2)N=C1c1ccco1. The minimum absolute atomic E-state index is 0.0244. The van der Waals surface area contributed by atoms with E-state index in [0.29, 0.717) is 17.2 Å². The van der Waals surface area contributed by atoms with Crippen LogP contribution in [0.2, 0.25) is 0 Å². The molecule has 6 nitrogen and oxygen atoms in total. The maximum absolute atomic E-state index is 12.7. The molecule has 9 heteroatoms. The van der Waals surface area contributed by atoms with Crippen molar-refractivity contribution in [1.29, 1.82) is 0 Å². The van der Waals surface area contributed by atoms with Gasteiger partial charge in [0.2, 0.25) is 5.91 Å². The van der Waals surface area contributed by atoms with Crippen LogP contribution in [0.5, 0.6) is 0 Å². The predicted octanol–water partition coefficient (Wildman–Crippen LogP) is 3.34. The summed E-state index contributed by atoms with van der Waals surface area (Å²) in [5.41, 5.74) is -1.53. The molecule has 0 saturated carbocycles. The van der Waals surface area contributed by atoms with Crippen LogP contribution in [0.25, 0.3) is 0 Å². The molecule has 1 unspecified atom stereocenters. The summed E-state index contributed by atoms with van der Waals surface area (Å²) in [6.45, 7) is 1.62. The molecule has 1 amide bonds. The lowest BCUT2D eigenvalue weighted by Gasteiger charge is -2.21. The number of hydrogen-bond donors (Lipinski definition) is 1. The van der Waals surface area contributed by atoms with Crippen molar-refractivity contribution in [2.24, 2.45) is 4.99 Å². The average Bonchev–Trinajstić information content (AvgIpc) is 3.20. The maximum Gasteiger partial charge on any atom is 0.416 e. The van der Waals surface area contributed by atoms with Crippen molar-refractivity contribution in [3.63, 3.8) is 0 Å². The van der Waals surface area contributed by atoms with E-state index in [0.717, 1.165) is 12.1 Å². The fourth-order valence-corrected chi connectivity index (χ4v) is 2.76. The largest absolute Gasteiger partial charge is 0.461 e. The standard InChI is InChI=1S/C18H18F3N3O3/c1-17(23-16(24(2)27-17)14-7-4-8-26-14)10-15(25)22-11-12-5-3-6-13(9-12)18(19,20)21/h3-9H,10-11H2,1-2H3,(H,22,25). The minimum Gasteiger partial charge on any atom is -0.461 e. The fourth-order valence-electron chi connectivity index (χ4n) is 2.76. The number of furan rings is 1. The van der Waals surface area contributed by atoms with Crippen LogP contribution < -0.4 is 5.32 Å². The van der Waals surface area contributed by atoms with E-state index in [4.69, 9.17) is 9.25 Å². The number of halogens is 3. The number of aliphatic imine (C=N–C) groups is 1. The normalized spacial score (nSPS) is 19.9. The van der Waals surface area contributed by atoms with Gasteiger partial charge in [0.15, 0.2) is 17.3 Å². The Labute approximate surface area is 153 Å². The van der Waals surface area contributed by atoms with Crippen LogP contribution in [0.4, 0.5) is 13.2 Å². The zero-order valence-corrected chi connectivity index (χ0v) is 14.7. The second-order valence-corrected chi connectivity index (χ2v) is 6.33. The van der Waals surface area contributed by atoms with E-state index >= 15 is 0 Å². The summed E-state index contributed by atoms with van der Waals surface area (Å²) in [5, 5.41) is 4.01. The Morgan fingerprint density at radius 1 is 1.30 bits per heavy atom. The molecule has 0 saturated heterocycles. The van der Waals surface area contributed by atoms with Gasteiger partial charge in [-0.15, -0.1) is 0 Å². The highest BCUT2D eigenvalue weighted by atomic mass is 19.4. The fraction of sp³-hybridized carbons (Fsp3) is 0.333. The van der Waals surface area contributed by atoms with Crippen LogP contribution in [0.1, 0.15) is 30.2 Å². The van der Waals surface area contributed by atoms with Gasteiger partial charge in [-0.1, -0.05) is 12.1 Å². The van der Waals surface area contributed by atoms with Gasteiger partial charge in [-0.3, -0.25) is 4.79 Å². The second kappa shape index (κ2) is 7.07. The van der Waals surface area contributed by atoms with E-state index in [1.165, 1.54) is 23.5 Å². The highest BCUT2D eigenvalue weighted by Gasteiger charge is 2.38. The van der Waals surface area contributed by atoms with E-state index in [2.05, 4.69) is 10.3 Å². The van der Waals surface area contributed by atoms with Crippen molar-refractivity contribution in [3.05, 3.63) is 59.5 Å². The number of benzene rings is 1. The van der Waals surface area contributed by atoms with Gasteiger partial charge < -0.3 is 9.73 Å². The van der Waals surface area contributed by atoms with Gasteiger partial charge in [0.25, 0.3) is 0 Å². The lowest BCUT2D eigenvalue weighted by atomic mass is 10.1. The summed E-state index contributed by atoms with van der Waals surface area (Å²) in [6.07, 6.45) is -3.02. The molecule has 0 fully saturated rings. The number of nitrogens with one attached hydrogen (secondary N) is 1. The Kier molecular flexibility index (Phi) is 4.97. The summed E-state index contributed by atoms with van der Waals surface area (Å²) in [5.74, 6) is 0.562. The van der Waals surface area contributed by atoms with E-state index in [9.17, 15) is 18.0 Å². The molecule has 0 aliphatic carbocycles. The molecule has 0 spiro atoms. The summed E-state index contributed by atoms with van der Waals surface area (Å²) in [4.78, 5) is 22.3. The van der Waals surface area contributed by atoms with Crippen molar-refractivity contribution >= 4 is 11.7 Å². The van der Waals surface area contributed by atoms with Crippen molar-refractivity contribution in [2.45, 2.75) is 31.8 Å². The molecule has 0 bridgehead atoms. The van der Waals surface area contributed by atoms with E-state index in [1.807, 2.05) is 0 Å². The number of alkyl halides is 3. The second-order valence-electron chi connectivity index (χ2n) is 6.33. The first-order valence-corrected chi connectivity index (χ1v) is 8.16. The molecular formula is C18H18F3N3O3. The number of hydroxylamine groups is 2. The van der Waals surface area contributed by atoms with Crippen LogP contribution in [-0.4, -0.2) is 29.6 Å². The van der Waals surface area contributed by atoms with E-state index in [1.54, 1.807) is 26.1 Å².